The zero-order valence-electron chi connectivity index (χ0n) is 12.6. The lowest BCUT2D eigenvalue weighted by Gasteiger charge is -2.31. The van der Waals surface area contributed by atoms with E-state index in [1.54, 1.807) is 0 Å². The van der Waals surface area contributed by atoms with Gasteiger partial charge in [-0.15, -0.1) is 0 Å². The van der Waals surface area contributed by atoms with Crippen molar-refractivity contribution in [3.8, 4) is 0 Å². The minimum Gasteiger partial charge on any atom is -0.409 e. The highest BCUT2D eigenvalue weighted by atomic mass is 16.5. The summed E-state index contributed by atoms with van der Waals surface area (Å²) in [5.74, 6) is -0.287. The van der Waals surface area contributed by atoms with Crippen LogP contribution in [0.3, 0.4) is 0 Å². The highest BCUT2D eigenvalue weighted by molar-refractivity contribution is 6.06. The van der Waals surface area contributed by atoms with Gasteiger partial charge in [-0.25, -0.2) is 0 Å². The lowest BCUT2D eigenvalue weighted by Crippen LogP contribution is -2.52. The van der Waals surface area contributed by atoms with E-state index in [4.69, 9.17) is 15.7 Å². The molecule has 0 bridgehead atoms. The average molecular weight is 273 g/mol. The van der Waals surface area contributed by atoms with Gasteiger partial charge in [-0.3, -0.25) is 4.79 Å². The van der Waals surface area contributed by atoms with Crippen molar-refractivity contribution >= 4 is 11.7 Å². The summed E-state index contributed by atoms with van der Waals surface area (Å²) in [6.07, 6.45) is 0.945. The minimum atomic E-state index is -0.961. The van der Waals surface area contributed by atoms with Crippen molar-refractivity contribution in [2.45, 2.75) is 53.1 Å². The lowest BCUT2D eigenvalue weighted by atomic mass is 9.80. The van der Waals surface area contributed by atoms with Gasteiger partial charge in [0.05, 0.1) is 5.60 Å². The Morgan fingerprint density at radius 3 is 2.21 bits per heavy atom. The van der Waals surface area contributed by atoms with Crippen molar-refractivity contribution < 1.29 is 14.7 Å². The number of hydrogen-bond acceptors (Lipinski definition) is 4. The van der Waals surface area contributed by atoms with Crippen LogP contribution < -0.4 is 11.1 Å². The second-order valence-electron chi connectivity index (χ2n) is 5.15. The summed E-state index contributed by atoms with van der Waals surface area (Å²) < 4.78 is 5.52. The van der Waals surface area contributed by atoms with E-state index in [0.717, 1.165) is 0 Å². The Morgan fingerprint density at radius 1 is 1.32 bits per heavy atom. The van der Waals surface area contributed by atoms with E-state index in [1.807, 2.05) is 34.6 Å². The molecule has 0 aliphatic carbocycles. The number of nitrogens with one attached hydrogen (secondary N) is 1. The number of rotatable bonds is 8. The molecule has 0 heterocycles. The van der Waals surface area contributed by atoms with E-state index in [2.05, 4.69) is 10.5 Å². The van der Waals surface area contributed by atoms with E-state index in [-0.39, 0.29) is 11.7 Å². The molecule has 19 heavy (non-hydrogen) atoms. The molecule has 0 aromatic heterocycles. The van der Waals surface area contributed by atoms with E-state index in [9.17, 15) is 4.79 Å². The fourth-order valence-electron chi connectivity index (χ4n) is 2.05. The van der Waals surface area contributed by atoms with Crippen molar-refractivity contribution in [2.75, 3.05) is 13.2 Å². The molecule has 0 aliphatic heterocycles. The smallest absolute Gasteiger partial charge is 0.234 e. The first kappa shape index (κ1) is 17.7. The quantitative estimate of drug-likeness (QED) is 0.270. The molecule has 0 rings (SSSR count). The van der Waals surface area contributed by atoms with Crippen molar-refractivity contribution in [1.82, 2.24) is 5.32 Å². The summed E-state index contributed by atoms with van der Waals surface area (Å²) in [6, 6.07) is 0. The highest BCUT2D eigenvalue weighted by Crippen LogP contribution is 2.27. The van der Waals surface area contributed by atoms with E-state index in [0.29, 0.717) is 26.0 Å². The summed E-state index contributed by atoms with van der Waals surface area (Å²) in [4.78, 5) is 12.3. The SMILES string of the molecule is CCOC(C)(C)CNC(=O)C(CC)(CC)C(N)=NO. The molecule has 0 aliphatic rings. The van der Waals surface area contributed by atoms with Crippen LogP contribution in [0.25, 0.3) is 0 Å². The minimum absolute atomic E-state index is 0.0517. The van der Waals surface area contributed by atoms with Crippen LogP contribution in [0, 0.1) is 5.41 Å². The molecule has 6 heteroatoms. The van der Waals surface area contributed by atoms with Crippen molar-refractivity contribution in [3.05, 3.63) is 0 Å². The summed E-state index contributed by atoms with van der Waals surface area (Å²) in [6.45, 7) is 10.3. The molecule has 0 aromatic rings. The summed E-state index contributed by atoms with van der Waals surface area (Å²) in [5.41, 5.74) is 4.28. The first-order valence-corrected chi connectivity index (χ1v) is 6.69. The van der Waals surface area contributed by atoms with Gasteiger partial charge in [-0.2, -0.15) is 0 Å². The molecule has 0 saturated carbocycles. The largest absolute Gasteiger partial charge is 0.409 e. The molecule has 0 atom stereocenters. The van der Waals surface area contributed by atoms with Gasteiger partial charge >= 0.3 is 0 Å². The fourth-order valence-corrected chi connectivity index (χ4v) is 2.05. The number of nitrogens with zero attached hydrogens (tertiary/aromatic N) is 1. The second-order valence-corrected chi connectivity index (χ2v) is 5.15. The van der Waals surface area contributed by atoms with Crippen LogP contribution in [0.2, 0.25) is 0 Å². The number of oxime groups is 1. The van der Waals surface area contributed by atoms with E-state index < -0.39 is 11.0 Å². The lowest BCUT2D eigenvalue weighted by molar-refractivity contribution is -0.129. The van der Waals surface area contributed by atoms with E-state index >= 15 is 0 Å². The van der Waals surface area contributed by atoms with Gasteiger partial charge in [0.2, 0.25) is 5.91 Å². The summed E-state index contributed by atoms with van der Waals surface area (Å²) in [7, 11) is 0. The normalized spacial score (nSPS) is 13.4. The molecule has 6 nitrogen and oxygen atoms in total. The van der Waals surface area contributed by atoms with Gasteiger partial charge in [0.15, 0.2) is 5.84 Å². The molecule has 1 amide bonds. The maximum Gasteiger partial charge on any atom is 0.234 e. The molecule has 0 radical (unpaired) electrons. The molecule has 0 aromatic carbocycles. The van der Waals surface area contributed by atoms with Crippen LogP contribution in [-0.4, -0.2) is 35.7 Å². The maximum absolute atomic E-state index is 12.3. The number of ether oxygens (including phenoxy) is 1. The zero-order chi connectivity index (χ0) is 15.1. The number of nitrogens with two attached hydrogens (primary N) is 1. The average Bonchev–Trinajstić information content (AvgIpc) is 2.38. The predicted octanol–water partition coefficient (Wildman–Crippen LogP) is 1.47. The van der Waals surface area contributed by atoms with Crippen LogP contribution in [0.1, 0.15) is 47.5 Å². The van der Waals surface area contributed by atoms with Crippen molar-refractivity contribution in [2.24, 2.45) is 16.3 Å². The van der Waals surface area contributed by atoms with E-state index in [1.165, 1.54) is 0 Å². The Labute approximate surface area is 115 Å². The standard InChI is InChI=1S/C13H27N3O3/c1-6-13(7-2,10(14)16-18)11(17)15-9-12(4,5)19-8-3/h18H,6-9H2,1-5H3,(H2,14,16)(H,15,17). The molecular weight excluding hydrogens is 246 g/mol. The Kier molecular flexibility index (Phi) is 6.83. The molecule has 0 saturated heterocycles. The van der Waals surface area contributed by atoms with Crippen LogP contribution >= 0.6 is 0 Å². The van der Waals surface area contributed by atoms with Gasteiger partial charge in [0, 0.05) is 13.2 Å². The van der Waals surface area contributed by atoms with Crippen molar-refractivity contribution in [1.29, 1.82) is 0 Å². The summed E-state index contributed by atoms with van der Waals surface area (Å²) in [5, 5.41) is 14.7. The molecular formula is C13H27N3O3. The van der Waals surface area contributed by atoms with Crippen LogP contribution in [0.4, 0.5) is 0 Å². The molecule has 0 unspecified atom stereocenters. The fraction of sp³-hybridized carbons (Fsp3) is 0.846. The number of amides is 1. The van der Waals surface area contributed by atoms with Crippen molar-refractivity contribution in [3.63, 3.8) is 0 Å². The zero-order valence-corrected chi connectivity index (χ0v) is 12.6. The Balaban J connectivity index is 4.87. The first-order chi connectivity index (χ1) is 8.79. The monoisotopic (exact) mass is 273 g/mol. The Bertz CT molecular complexity index is 323. The predicted molar refractivity (Wildman–Crippen MR) is 75.1 cm³/mol. The molecule has 4 N–H and O–H groups in total. The Hall–Kier alpha value is -1.30. The van der Waals surface area contributed by atoms with Gasteiger partial charge in [-0.05, 0) is 33.6 Å². The topological polar surface area (TPSA) is 96.9 Å². The molecule has 112 valence electrons. The van der Waals surface area contributed by atoms with Gasteiger partial charge in [0.25, 0.3) is 0 Å². The van der Waals surface area contributed by atoms with Gasteiger partial charge in [0.1, 0.15) is 5.41 Å². The van der Waals surface area contributed by atoms with Gasteiger partial charge in [-0.1, -0.05) is 19.0 Å². The van der Waals surface area contributed by atoms with Gasteiger partial charge < -0.3 is 21.0 Å². The summed E-state index contributed by atoms with van der Waals surface area (Å²) >= 11 is 0. The molecule has 0 spiro atoms. The van der Waals surface area contributed by atoms with Crippen LogP contribution in [0.5, 0.6) is 0 Å². The number of carbonyl (C=O) groups is 1. The maximum atomic E-state index is 12.3. The number of amidine groups is 1. The third-order valence-electron chi connectivity index (χ3n) is 3.45. The third kappa shape index (κ3) is 4.38. The Morgan fingerprint density at radius 2 is 1.84 bits per heavy atom. The van der Waals surface area contributed by atoms with Crippen LogP contribution in [-0.2, 0) is 9.53 Å². The third-order valence-corrected chi connectivity index (χ3v) is 3.45. The number of hydrogen-bond donors (Lipinski definition) is 3. The molecule has 0 fully saturated rings. The first-order valence-electron chi connectivity index (χ1n) is 6.69. The van der Waals surface area contributed by atoms with Crippen LogP contribution in [0.15, 0.2) is 5.16 Å². The number of carbonyl (C=O) groups excluding carboxylic acids is 1. The second kappa shape index (κ2) is 7.33. The highest BCUT2D eigenvalue weighted by Gasteiger charge is 2.40.